The Balaban J connectivity index is 2.48. The smallest absolute Gasteiger partial charge is 0.195 e. The van der Waals surface area contributed by atoms with Crippen LogP contribution in [0.2, 0.25) is 0 Å². The van der Waals surface area contributed by atoms with Gasteiger partial charge in [-0.1, -0.05) is 12.1 Å². The molecule has 0 aliphatic heterocycles. The molecule has 3 heteroatoms. The van der Waals surface area contributed by atoms with Crippen molar-refractivity contribution in [1.82, 2.24) is 4.98 Å². The van der Waals surface area contributed by atoms with Crippen LogP contribution in [-0.2, 0) is 0 Å². The number of ketones is 1. The van der Waals surface area contributed by atoms with Crippen molar-refractivity contribution in [3.05, 3.63) is 63.0 Å². The second-order valence-corrected chi connectivity index (χ2v) is 4.66. The van der Waals surface area contributed by atoms with Crippen LogP contribution in [0.4, 0.5) is 0 Å². The number of benzene rings is 1. The summed E-state index contributed by atoms with van der Waals surface area (Å²) in [6.45, 7) is 1.92. The third-order valence-corrected chi connectivity index (χ3v) is 3.34. The Morgan fingerprint density at radius 3 is 2.62 bits per heavy atom. The zero-order valence-corrected chi connectivity index (χ0v) is 10.9. The Bertz CT molecular complexity index is 489. The van der Waals surface area contributed by atoms with Crippen LogP contribution >= 0.6 is 22.6 Å². The first-order valence-electron chi connectivity index (χ1n) is 4.90. The SMILES string of the molecule is Cc1ccncc1C(=O)c1ccccc1I. The maximum absolute atomic E-state index is 12.2. The highest BCUT2D eigenvalue weighted by molar-refractivity contribution is 14.1. The lowest BCUT2D eigenvalue weighted by Gasteiger charge is -2.05. The number of aryl methyl sites for hydroxylation is 1. The van der Waals surface area contributed by atoms with Gasteiger partial charge in [-0.05, 0) is 53.3 Å². The van der Waals surface area contributed by atoms with Gasteiger partial charge in [0.25, 0.3) is 0 Å². The van der Waals surface area contributed by atoms with Crippen molar-refractivity contribution >= 4 is 28.4 Å². The molecule has 2 nitrogen and oxygen atoms in total. The largest absolute Gasteiger partial charge is 0.289 e. The lowest BCUT2D eigenvalue weighted by Crippen LogP contribution is -2.05. The number of hydrogen-bond acceptors (Lipinski definition) is 2. The Morgan fingerprint density at radius 2 is 1.94 bits per heavy atom. The van der Waals surface area contributed by atoms with Gasteiger partial charge in [0.15, 0.2) is 5.78 Å². The van der Waals surface area contributed by atoms with E-state index in [2.05, 4.69) is 27.6 Å². The van der Waals surface area contributed by atoms with E-state index in [9.17, 15) is 4.79 Å². The molecule has 0 aliphatic carbocycles. The summed E-state index contributed by atoms with van der Waals surface area (Å²) in [6, 6.07) is 9.43. The summed E-state index contributed by atoms with van der Waals surface area (Å²) in [5, 5.41) is 0. The first-order chi connectivity index (χ1) is 7.70. The summed E-state index contributed by atoms with van der Waals surface area (Å²) < 4.78 is 0.966. The molecule has 16 heavy (non-hydrogen) atoms. The Hall–Kier alpha value is -1.23. The second-order valence-electron chi connectivity index (χ2n) is 3.50. The first-order valence-corrected chi connectivity index (χ1v) is 5.98. The molecule has 0 N–H and O–H groups in total. The highest BCUT2D eigenvalue weighted by Crippen LogP contribution is 2.17. The van der Waals surface area contributed by atoms with Crippen LogP contribution in [-0.4, -0.2) is 10.8 Å². The topological polar surface area (TPSA) is 30.0 Å². The highest BCUT2D eigenvalue weighted by Gasteiger charge is 2.13. The number of nitrogens with zero attached hydrogens (tertiary/aromatic N) is 1. The lowest BCUT2D eigenvalue weighted by atomic mass is 10.0. The van der Waals surface area contributed by atoms with Gasteiger partial charge < -0.3 is 0 Å². The molecule has 0 radical (unpaired) electrons. The maximum atomic E-state index is 12.2. The van der Waals surface area contributed by atoms with Gasteiger partial charge in [0.2, 0.25) is 0 Å². The maximum Gasteiger partial charge on any atom is 0.195 e. The summed E-state index contributed by atoms with van der Waals surface area (Å²) >= 11 is 2.17. The number of rotatable bonds is 2. The molecular formula is C13H10INO. The number of halogens is 1. The van der Waals surface area contributed by atoms with E-state index in [1.165, 1.54) is 0 Å². The fourth-order valence-electron chi connectivity index (χ4n) is 1.49. The summed E-state index contributed by atoms with van der Waals surface area (Å²) in [5.41, 5.74) is 2.37. The number of pyridine rings is 1. The van der Waals surface area contributed by atoms with E-state index in [0.717, 1.165) is 14.7 Å². The Kier molecular flexibility index (Phi) is 3.33. The molecule has 0 amide bonds. The van der Waals surface area contributed by atoms with Crippen LogP contribution in [0.1, 0.15) is 21.5 Å². The molecule has 0 atom stereocenters. The molecule has 1 aromatic carbocycles. The van der Waals surface area contributed by atoms with Crippen LogP contribution in [0, 0.1) is 10.5 Å². The van der Waals surface area contributed by atoms with Gasteiger partial charge in [-0.25, -0.2) is 0 Å². The van der Waals surface area contributed by atoms with Crippen LogP contribution in [0.5, 0.6) is 0 Å². The van der Waals surface area contributed by atoms with E-state index in [0.29, 0.717) is 5.56 Å². The second kappa shape index (κ2) is 4.74. The molecule has 0 aliphatic rings. The van der Waals surface area contributed by atoms with Crippen molar-refractivity contribution in [2.75, 3.05) is 0 Å². The van der Waals surface area contributed by atoms with Gasteiger partial charge in [-0.2, -0.15) is 0 Å². The van der Waals surface area contributed by atoms with E-state index < -0.39 is 0 Å². The minimum Gasteiger partial charge on any atom is -0.289 e. The normalized spacial score (nSPS) is 10.1. The van der Waals surface area contributed by atoms with Crippen molar-refractivity contribution in [3.63, 3.8) is 0 Å². The van der Waals surface area contributed by atoms with Gasteiger partial charge in [0.05, 0.1) is 0 Å². The average molecular weight is 323 g/mol. The van der Waals surface area contributed by atoms with E-state index in [1.807, 2.05) is 37.3 Å². The molecule has 2 aromatic rings. The van der Waals surface area contributed by atoms with Crippen LogP contribution in [0.15, 0.2) is 42.7 Å². The number of carbonyl (C=O) groups is 1. The van der Waals surface area contributed by atoms with Crippen LogP contribution in [0.25, 0.3) is 0 Å². The van der Waals surface area contributed by atoms with Crippen molar-refractivity contribution in [1.29, 1.82) is 0 Å². The Morgan fingerprint density at radius 1 is 1.19 bits per heavy atom. The van der Waals surface area contributed by atoms with Crippen molar-refractivity contribution in [2.45, 2.75) is 6.92 Å². The predicted molar refractivity (Wildman–Crippen MR) is 71.6 cm³/mol. The molecule has 0 saturated heterocycles. The average Bonchev–Trinajstić information content (AvgIpc) is 2.29. The Labute approximate surface area is 108 Å². The first kappa shape index (κ1) is 11.3. The minimum absolute atomic E-state index is 0.0376. The molecule has 0 unspecified atom stereocenters. The zero-order valence-electron chi connectivity index (χ0n) is 8.77. The van der Waals surface area contributed by atoms with Crippen LogP contribution in [0.3, 0.4) is 0 Å². The van der Waals surface area contributed by atoms with Gasteiger partial charge in [0.1, 0.15) is 0 Å². The molecule has 1 aromatic heterocycles. The molecule has 0 saturated carbocycles. The zero-order chi connectivity index (χ0) is 11.5. The van der Waals surface area contributed by atoms with Gasteiger partial charge in [-0.3, -0.25) is 9.78 Å². The van der Waals surface area contributed by atoms with E-state index in [1.54, 1.807) is 12.4 Å². The van der Waals surface area contributed by atoms with E-state index in [4.69, 9.17) is 0 Å². The summed E-state index contributed by atoms with van der Waals surface area (Å²) in [7, 11) is 0. The molecule has 2 rings (SSSR count). The standard InChI is InChI=1S/C13H10INO/c1-9-6-7-15-8-11(9)13(16)10-4-2-3-5-12(10)14/h2-8H,1H3. The number of aromatic nitrogens is 1. The molecule has 0 spiro atoms. The van der Waals surface area contributed by atoms with Crippen molar-refractivity contribution in [2.24, 2.45) is 0 Å². The third kappa shape index (κ3) is 2.14. The summed E-state index contributed by atoms with van der Waals surface area (Å²) in [6.07, 6.45) is 3.32. The van der Waals surface area contributed by atoms with Gasteiger partial charge >= 0.3 is 0 Å². The van der Waals surface area contributed by atoms with Crippen LogP contribution < -0.4 is 0 Å². The molecule has 0 bridgehead atoms. The highest BCUT2D eigenvalue weighted by atomic mass is 127. The summed E-state index contributed by atoms with van der Waals surface area (Å²) in [4.78, 5) is 16.2. The fourth-order valence-corrected chi connectivity index (χ4v) is 2.12. The molecule has 80 valence electrons. The molecule has 0 fully saturated rings. The quantitative estimate of drug-likeness (QED) is 0.627. The third-order valence-electron chi connectivity index (χ3n) is 2.40. The summed E-state index contributed by atoms with van der Waals surface area (Å²) in [5.74, 6) is 0.0376. The number of carbonyl (C=O) groups excluding carboxylic acids is 1. The van der Waals surface area contributed by atoms with E-state index in [-0.39, 0.29) is 5.78 Å². The fraction of sp³-hybridized carbons (Fsp3) is 0.0769. The van der Waals surface area contributed by atoms with Crippen molar-refractivity contribution in [3.8, 4) is 0 Å². The minimum atomic E-state index is 0.0376. The lowest BCUT2D eigenvalue weighted by molar-refractivity contribution is 0.103. The van der Waals surface area contributed by atoms with Gasteiger partial charge in [-0.15, -0.1) is 0 Å². The molecule has 1 heterocycles. The predicted octanol–water partition coefficient (Wildman–Crippen LogP) is 3.23. The van der Waals surface area contributed by atoms with Gasteiger partial charge in [0, 0.05) is 27.1 Å². The van der Waals surface area contributed by atoms with E-state index >= 15 is 0 Å². The van der Waals surface area contributed by atoms with Crippen molar-refractivity contribution < 1.29 is 4.79 Å². The molecular weight excluding hydrogens is 313 g/mol. The monoisotopic (exact) mass is 323 g/mol. The number of hydrogen-bond donors (Lipinski definition) is 0.